The number of aryl methyl sites for hydroxylation is 1. The number of hydrogen-bond donors (Lipinski definition) is 3. The molecule has 0 aromatic heterocycles. The molecule has 0 bridgehead atoms. The first kappa shape index (κ1) is 14.1. The van der Waals surface area contributed by atoms with Crippen LogP contribution in [0.5, 0.6) is 5.75 Å². The molecule has 0 fully saturated rings. The average Bonchev–Trinajstić information content (AvgIpc) is 2.44. The third kappa shape index (κ3) is 4.40. The number of rotatable bonds is 5. The maximum absolute atomic E-state index is 11.7. The molecular weight excluding hydrogens is 252 g/mol. The molecule has 2 aromatic rings. The minimum Gasteiger partial charge on any atom is -0.508 e. The van der Waals surface area contributed by atoms with Gasteiger partial charge in [-0.05, 0) is 36.8 Å². The third-order valence-corrected chi connectivity index (χ3v) is 2.89. The Morgan fingerprint density at radius 2 is 1.70 bits per heavy atom. The number of amides is 1. The third-order valence-electron chi connectivity index (χ3n) is 2.89. The summed E-state index contributed by atoms with van der Waals surface area (Å²) in [7, 11) is 0. The van der Waals surface area contributed by atoms with Gasteiger partial charge in [-0.1, -0.05) is 29.8 Å². The lowest BCUT2D eigenvalue weighted by Gasteiger charge is -2.07. The summed E-state index contributed by atoms with van der Waals surface area (Å²) in [6.45, 7) is 2.83. The van der Waals surface area contributed by atoms with Gasteiger partial charge in [-0.3, -0.25) is 4.79 Å². The summed E-state index contributed by atoms with van der Waals surface area (Å²) in [5.74, 6) is 0.165. The summed E-state index contributed by atoms with van der Waals surface area (Å²) in [5, 5.41) is 15.1. The second kappa shape index (κ2) is 6.73. The summed E-state index contributed by atoms with van der Waals surface area (Å²) >= 11 is 0. The molecule has 0 unspecified atom stereocenters. The molecule has 0 heterocycles. The molecule has 4 heteroatoms. The van der Waals surface area contributed by atoms with Crippen molar-refractivity contribution < 1.29 is 9.90 Å². The van der Waals surface area contributed by atoms with Crippen LogP contribution in [-0.4, -0.2) is 17.6 Å². The number of benzene rings is 2. The van der Waals surface area contributed by atoms with Gasteiger partial charge in [-0.25, -0.2) is 0 Å². The zero-order chi connectivity index (χ0) is 14.4. The molecule has 0 spiro atoms. The second-order valence-electron chi connectivity index (χ2n) is 4.68. The number of phenolic OH excluding ortho intramolecular Hbond substituents is 1. The van der Waals surface area contributed by atoms with Gasteiger partial charge in [-0.15, -0.1) is 0 Å². The van der Waals surface area contributed by atoms with E-state index in [1.54, 1.807) is 12.1 Å². The van der Waals surface area contributed by atoms with Gasteiger partial charge in [0.2, 0.25) is 5.91 Å². The molecule has 20 heavy (non-hydrogen) atoms. The van der Waals surface area contributed by atoms with E-state index >= 15 is 0 Å². The quantitative estimate of drug-likeness (QED) is 0.782. The van der Waals surface area contributed by atoms with Crippen molar-refractivity contribution in [2.75, 3.05) is 11.9 Å². The van der Waals surface area contributed by atoms with Crippen LogP contribution in [0.2, 0.25) is 0 Å². The monoisotopic (exact) mass is 270 g/mol. The number of nitrogens with one attached hydrogen (secondary N) is 2. The maximum atomic E-state index is 11.7. The van der Waals surface area contributed by atoms with Crippen LogP contribution in [0.15, 0.2) is 48.5 Å². The molecule has 2 rings (SSSR count). The molecule has 0 aliphatic rings. The van der Waals surface area contributed by atoms with Crippen LogP contribution in [0.4, 0.5) is 5.69 Å². The fraction of sp³-hybridized carbons (Fsp3) is 0.188. The molecule has 104 valence electrons. The highest BCUT2D eigenvalue weighted by molar-refractivity contribution is 5.92. The van der Waals surface area contributed by atoms with Crippen molar-refractivity contribution in [2.45, 2.75) is 13.5 Å². The van der Waals surface area contributed by atoms with Gasteiger partial charge < -0.3 is 15.7 Å². The smallest absolute Gasteiger partial charge is 0.238 e. The highest BCUT2D eigenvalue weighted by Gasteiger charge is 2.01. The van der Waals surface area contributed by atoms with Crippen molar-refractivity contribution >= 4 is 11.6 Å². The Balaban J connectivity index is 1.75. The lowest BCUT2D eigenvalue weighted by atomic mass is 10.2. The normalized spacial score (nSPS) is 10.2. The van der Waals surface area contributed by atoms with Gasteiger partial charge in [0.15, 0.2) is 0 Å². The molecule has 4 nitrogen and oxygen atoms in total. The van der Waals surface area contributed by atoms with Gasteiger partial charge >= 0.3 is 0 Å². The number of carbonyl (C=O) groups excluding carboxylic acids is 1. The van der Waals surface area contributed by atoms with Crippen LogP contribution in [0.25, 0.3) is 0 Å². The molecule has 2 aromatic carbocycles. The van der Waals surface area contributed by atoms with E-state index < -0.39 is 0 Å². The van der Waals surface area contributed by atoms with Gasteiger partial charge in [-0.2, -0.15) is 0 Å². The topological polar surface area (TPSA) is 61.4 Å². The van der Waals surface area contributed by atoms with Crippen LogP contribution in [-0.2, 0) is 11.3 Å². The summed E-state index contributed by atoms with van der Waals surface area (Å²) in [6.07, 6.45) is 0. The number of carbonyl (C=O) groups is 1. The van der Waals surface area contributed by atoms with Crippen LogP contribution in [0.1, 0.15) is 11.1 Å². The van der Waals surface area contributed by atoms with Gasteiger partial charge in [0, 0.05) is 12.2 Å². The van der Waals surface area contributed by atoms with E-state index in [9.17, 15) is 4.79 Å². The molecule has 0 saturated heterocycles. The van der Waals surface area contributed by atoms with E-state index in [4.69, 9.17) is 5.11 Å². The van der Waals surface area contributed by atoms with Crippen LogP contribution >= 0.6 is 0 Å². The Morgan fingerprint density at radius 3 is 2.35 bits per heavy atom. The van der Waals surface area contributed by atoms with E-state index in [0.717, 1.165) is 16.8 Å². The summed E-state index contributed by atoms with van der Waals surface area (Å²) < 4.78 is 0. The Bertz CT molecular complexity index is 562. The summed E-state index contributed by atoms with van der Waals surface area (Å²) in [6, 6.07) is 14.6. The first-order valence-electron chi connectivity index (χ1n) is 6.48. The van der Waals surface area contributed by atoms with E-state index in [2.05, 4.69) is 10.6 Å². The van der Waals surface area contributed by atoms with Crippen LogP contribution < -0.4 is 10.6 Å². The zero-order valence-corrected chi connectivity index (χ0v) is 11.4. The summed E-state index contributed by atoms with van der Waals surface area (Å²) in [4.78, 5) is 11.7. The molecule has 0 aliphatic carbocycles. The summed E-state index contributed by atoms with van der Waals surface area (Å²) in [5.41, 5.74) is 2.98. The number of hydrogen-bond acceptors (Lipinski definition) is 3. The fourth-order valence-corrected chi connectivity index (χ4v) is 1.78. The highest BCUT2D eigenvalue weighted by atomic mass is 16.3. The van der Waals surface area contributed by atoms with Crippen molar-refractivity contribution in [3.8, 4) is 5.75 Å². The predicted octanol–water partition coefficient (Wildman–Crippen LogP) is 2.43. The van der Waals surface area contributed by atoms with E-state index in [1.165, 1.54) is 0 Å². The Hall–Kier alpha value is -2.33. The van der Waals surface area contributed by atoms with Crippen molar-refractivity contribution in [1.29, 1.82) is 0 Å². The fourth-order valence-electron chi connectivity index (χ4n) is 1.78. The first-order valence-corrected chi connectivity index (χ1v) is 6.48. The second-order valence-corrected chi connectivity index (χ2v) is 4.68. The molecule has 1 amide bonds. The highest BCUT2D eigenvalue weighted by Crippen LogP contribution is 2.09. The Kier molecular flexibility index (Phi) is 4.74. The van der Waals surface area contributed by atoms with Gasteiger partial charge in [0.1, 0.15) is 5.75 Å². The van der Waals surface area contributed by atoms with E-state index in [1.807, 2.05) is 43.3 Å². The van der Waals surface area contributed by atoms with Crippen molar-refractivity contribution in [1.82, 2.24) is 5.32 Å². The largest absolute Gasteiger partial charge is 0.508 e. The van der Waals surface area contributed by atoms with E-state index in [0.29, 0.717) is 6.54 Å². The molecule has 0 atom stereocenters. The number of phenols is 1. The molecule has 0 radical (unpaired) electrons. The van der Waals surface area contributed by atoms with Gasteiger partial charge in [0.25, 0.3) is 0 Å². The van der Waals surface area contributed by atoms with Crippen molar-refractivity contribution in [2.24, 2.45) is 0 Å². The predicted molar refractivity (Wildman–Crippen MR) is 79.6 cm³/mol. The molecular formula is C16H18N2O2. The Labute approximate surface area is 118 Å². The molecule has 0 saturated carbocycles. The standard InChI is InChI=1S/C16H18N2O2/c1-12-2-6-14(7-3-12)18-16(20)11-17-10-13-4-8-15(19)9-5-13/h2-9,17,19H,10-11H2,1H3,(H,18,20). The minimum atomic E-state index is -0.0763. The van der Waals surface area contributed by atoms with Crippen LogP contribution in [0, 0.1) is 6.92 Å². The van der Waals surface area contributed by atoms with Crippen molar-refractivity contribution in [3.63, 3.8) is 0 Å². The van der Waals surface area contributed by atoms with E-state index in [-0.39, 0.29) is 18.2 Å². The van der Waals surface area contributed by atoms with Gasteiger partial charge in [0.05, 0.1) is 6.54 Å². The van der Waals surface area contributed by atoms with Crippen molar-refractivity contribution in [3.05, 3.63) is 59.7 Å². The minimum absolute atomic E-state index is 0.0763. The SMILES string of the molecule is Cc1ccc(NC(=O)CNCc2ccc(O)cc2)cc1. The molecule has 3 N–H and O–H groups in total. The lowest BCUT2D eigenvalue weighted by molar-refractivity contribution is -0.115. The average molecular weight is 270 g/mol. The maximum Gasteiger partial charge on any atom is 0.238 e. The Morgan fingerprint density at radius 1 is 1.05 bits per heavy atom. The zero-order valence-electron chi connectivity index (χ0n) is 11.4. The number of anilines is 1. The lowest BCUT2D eigenvalue weighted by Crippen LogP contribution is -2.27. The first-order chi connectivity index (χ1) is 9.63. The molecule has 0 aliphatic heterocycles. The number of aromatic hydroxyl groups is 1. The van der Waals surface area contributed by atoms with Crippen LogP contribution in [0.3, 0.4) is 0 Å².